The molecule has 0 bridgehead atoms. The van der Waals surface area contributed by atoms with Gasteiger partial charge in [-0.25, -0.2) is 4.98 Å². The lowest BCUT2D eigenvalue weighted by molar-refractivity contribution is 0.0919. The molecule has 5 heteroatoms. The predicted octanol–water partition coefficient (Wildman–Crippen LogP) is 1.77. The molecule has 1 amide bonds. The molecule has 1 aromatic rings. The maximum atomic E-state index is 12.1. The first-order chi connectivity index (χ1) is 8.13. The van der Waals surface area contributed by atoms with E-state index in [4.69, 9.17) is 5.11 Å². The number of rotatable bonds is 5. The van der Waals surface area contributed by atoms with Gasteiger partial charge in [0.25, 0.3) is 5.91 Å². The number of nitrogens with zero attached hydrogens (tertiary/aromatic N) is 1. The number of nitrogens with one attached hydrogen (secondary N) is 1. The second-order valence-corrected chi connectivity index (χ2v) is 5.62. The quantitative estimate of drug-likeness (QED) is 0.841. The summed E-state index contributed by atoms with van der Waals surface area (Å²) in [6, 6.07) is -0.0262. The van der Waals surface area contributed by atoms with E-state index in [1.807, 2.05) is 13.8 Å². The lowest BCUT2D eigenvalue weighted by Gasteiger charge is -2.18. The fourth-order valence-corrected chi connectivity index (χ4v) is 2.42. The van der Waals surface area contributed by atoms with Crippen molar-refractivity contribution >= 4 is 17.2 Å². The van der Waals surface area contributed by atoms with E-state index in [0.29, 0.717) is 5.92 Å². The molecular weight excluding hydrogens is 236 g/mol. The summed E-state index contributed by atoms with van der Waals surface area (Å²) in [5, 5.41) is 12.0. The summed E-state index contributed by atoms with van der Waals surface area (Å²) in [6.07, 6.45) is 2.29. The summed E-state index contributed by atoms with van der Waals surface area (Å²) >= 11 is 1.40. The van der Waals surface area contributed by atoms with Crippen molar-refractivity contribution in [2.45, 2.75) is 38.6 Å². The van der Waals surface area contributed by atoms with Gasteiger partial charge in [0.1, 0.15) is 4.88 Å². The highest BCUT2D eigenvalue weighted by molar-refractivity contribution is 7.11. The van der Waals surface area contributed by atoms with Crippen LogP contribution in [0.2, 0.25) is 0 Å². The second kappa shape index (κ2) is 5.14. The highest BCUT2D eigenvalue weighted by Crippen LogP contribution is 2.41. The van der Waals surface area contributed by atoms with Gasteiger partial charge in [0, 0.05) is 18.6 Å². The van der Waals surface area contributed by atoms with Crippen LogP contribution in [0.1, 0.15) is 48.0 Å². The zero-order chi connectivity index (χ0) is 12.4. The molecule has 2 atom stereocenters. The largest absolute Gasteiger partial charge is 0.396 e. The molecule has 17 heavy (non-hydrogen) atoms. The molecular formula is C12H18N2O2S. The molecule has 0 saturated heterocycles. The Hall–Kier alpha value is -0.940. The summed E-state index contributed by atoms with van der Waals surface area (Å²) in [6.45, 7) is 3.91. The van der Waals surface area contributed by atoms with Crippen molar-refractivity contribution < 1.29 is 9.90 Å². The van der Waals surface area contributed by atoms with Gasteiger partial charge in [-0.05, 0) is 25.7 Å². The molecule has 0 radical (unpaired) electrons. The van der Waals surface area contributed by atoms with Crippen LogP contribution in [0.4, 0.5) is 0 Å². The monoisotopic (exact) mass is 254 g/mol. The smallest absolute Gasteiger partial charge is 0.263 e. The van der Waals surface area contributed by atoms with Crippen LogP contribution in [-0.4, -0.2) is 28.6 Å². The topological polar surface area (TPSA) is 62.2 Å². The summed E-state index contributed by atoms with van der Waals surface area (Å²) in [4.78, 5) is 17.1. The number of aliphatic hydroxyl groups is 1. The average molecular weight is 254 g/mol. The number of thiazole rings is 1. The highest BCUT2D eigenvalue weighted by atomic mass is 32.1. The minimum Gasteiger partial charge on any atom is -0.396 e. The van der Waals surface area contributed by atoms with Crippen LogP contribution >= 0.6 is 11.3 Å². The maximum absolute atomic E-state index is 12.1. The molecule has 1 aromatic heterocycles. The van der Waals surface area contributed by atoms with Gasteiger partial charge in [-0.3, -0.25) is 4.79 Å². The Labute approximate surface area is 105 Å². The van der Waals surface area contributed by atoms with E-state index in [1.165, 1.54) is 11.3 Å². The molecule has 1 aliphatic carbocycles. The second-order valence-electron chi connectivity index (χ2n) is 4.76. The zero-order valence-electron chi connectivity index (χ0n) is 10.1. The van der Waals surface area contributed by atoms with Crippen LogP contribution in [0.15, 0.2) is 5.51 Å². The number of aliphatic hydroxyl groups excluding tert-OH is 1. The Bertz CT molecular complexity index is 401. The van der Waals surface area contributed by atoms with Crippen LogP contribution in [0, 0.1) is 5.92 Å². The number of hydrogen-bond acceptors (Lipinski definition) is 4. The molecule has 2 unspecified atom stereocenters. The first-order valence-corrected chi connectivity index (χ1v) is 6.86. The van der Waals surface area contributed by atoms with Crippen LogP contribution in [-0.2, 0) is 0 Å². The average Bonchev–Trinajstić information content (AvgIpc) is 3.05. The van der Waals surface area contributed by atoms with E-state index in [-0.39, 0.29) is 24.5 Å². The lowest BCUT2D eigenvalue weighted by atomic mass is 10.1. The van der Waals surface area contributed by atoms with Gasteiger partial charge in [0.15, 0.2) is 0 Å². The van der Waals surface area contributed by atoms with Gasteiger partial charge < -0.3 is 10.4 Å². The van der Waals surface area contributed by atoms with E-state index in [0.717, 1.165) is 23.4 Å². The SMILES string of the molecule is CC(CO)C(C)NC(=O)c1scnc1C1CC1. The van der Waals surface area contributed by atoms with Crippen molar-refractivity contribution in [3.8, 4) is 0 Å². The van der Waals surface area contributed by atoms with Gasteiger partial charge >= 0.3 is 0 Å². The lowest BCUT2D eigenvalue weighted by Crippen LogP contribution is -2.38. The Morgan fingerprint density at radius 1 is 1.65 bits per heavy atom. The van der Waals surface area contributed by atoms with Crippen LogP contribution in [0.3, 0.4) is 0 Å². The molecule has 0 aromatic carbocycles. The van der Waals surface area contributed by atoms with E-state index in [1.54, 1.807) is 5.51 Å². The molecule has 1 fully saturated rings. The van der Waals surface area contributed by atoms with Gasteiger partial charge in [-0.15, -0.1) is 11.3 Å². The van der Waals surface area contributed by atoms with Crippen LogP contribution in [0.25, 0.3) is 0 Å². The van der Waals surface area contributed by atoms with Crippen LogP contribution in [0.5, 0.6) is 0 Å². The Balaban J connectivity index is 2.01. The molecule has 1 heterocycles. The number of carbonyl (C=O) groups is 1. The molecule has 2 rings (SSSR count). The molecule has 1 aliphatic rings. The Kier molecular flexibility index (Phi) is 3.79. The Morgan fingerprint density at radius 2 is 2.35 bits per heavy atom. The maximum Gasteiger partial charge on any atom is 0.263 e. The van der Waals surface area contributed by atoms with E-state index in [2.05, 4.69) is 10.3 Å². The van der Waals surface area contributed by atoms with E-state index in [9.17, 15) is 4.79 Å². The summed E-state index contributed by atoms with van der Waals surface area (Å²) in [5.74, 6) is 0.506. The third kappa shape index (κ3) is 2.84. The number of carbonyl (C=O) groups excluding carboxylic acids is 1. The van der Waals surface area contributed by atoms with Crippen molar-refractivity contribution in [2.24, 2.45) is 5.92 Å². The third-order valence-electron chi connectivity index (χ3n) is 3.27. The fourth-order valence-electron chi connectivity index (χ4n) is 1.64. The molecule has 1 saturated carbocycles. The summed E-state index contributed by atoms with van der Waals surface area (Å²) < 4.78 is 0. The number of amides is 1. The molecule has 0 spiro atoms. The minimum atomic E-state index is -0.0535. The minimum absolute atomic E-state index is 0.0262. The number of aromatic nitrogens is 1. The predicted molar refractivity (Wildman–Crippen MR) is 67.3 cm³/mol. The molecule has 0 aliphatic heterocycles. The molecule has 94 valence electrons. The van der Waals surface area contributed by atoms with Gasteiger partial charge in [-0.1, -0.05) is 6.92 Å². The first-order valence-electron chi connectivity index (χ1n) is 5.98. The van der Waals surface area contributed by atoms with Gasteiger partial charge in [-0.2, -0.15) is 0 Å². The fraction of sp³-hybridized carbons (Fsp3) is 0.667. The van der Waals surface area contributed by atoms with Crippen molar-refractivity contribution in [1.82, 2.24) is 10.3 Å². The summed E-state index contributed by atoms with van der Waals surface area (Å²) in [7, 11) is 0. The highest BCUT2D eigenvalue weighted by Gasteiger charge is 2.31. The van der Waals surface area contributed by atoms with Crippen molar-refractivity contribution in [3.63, 3.8) is 0 Å². The van der Waals surface area contributed by atoms with Crippen molar-refractivity contribution in [3.05, 3.63) is 16.1 Å². The Morgan fingerprint density at radius 3 is 2.94 bits per heavy atom. The van der Waals surface area contributed by atoms with Crippen LogP contribution < -0.4 is 5.32 Å². The van der Waals surface area contributed by atoms with E-state index >= 15 is 0 Å². The van der Waals surface area contributed by atoms with Crippen molar-refractivity contribution in [1.29, 1.82) is 0 Å². The van der Waals surface area contributed by atoms with E-state index < -0.39 is 0 Å². The first kappa shape index (κ1) is 12.5. The zero-order valence-corrected chi connectivity index (χ0v) is 11.0. The van der Waals surface area contributed by atoms with Gasteiger partial charge in [0.05, 0.1) is 11.2 Å². The van der Waals surface area contributed by atoms with Gasteiger partial charge in [0.2, 0.25) is 0 Å². The summed E-state index contributed by atoms with van der Waals surface area (Å²) in [5.41, 5.74) is 2.69. The normalized spacial score (nSPS) is 18.8. The molecule has 4 nitrogen and oxygen atoms in total. The third-order valence-corrected chi connectivity index (χ3v) is 4.11. The standard InChI is InChI=1S/C12H18N2O2S/c1-7(5-15)8(2)14-12(16)11-10(9-3-4-9)13-6-17-11/h6-9,15H,3-5H2,1-2H3,(H,14,16). The number of hydrogen-bond donors (Lipinski definition) is 2. The van der Waals surface area contributed by atoms with Crippen molar-refractivity contribution in [2.75, 3.05) is 6.61 Å². The molecule has 2 N–H and O–H groups in total.